The maximum absolute atomic E-state index is 8.53. The van der Waals surface area contributed by atoms with Crippen LogP contribution in [0.1, 0.15) is 37.8 Å². The van der Waals surface area contributed by atoms with Crippen LogP contribution in [0.2, 0.25) is 0 Å². The van der Waals surface area contributed by atoms with Crippen molar-refractivity contribution in [2.24, 2.45) is 10.9 Å². The van der Waals surface area contributed by atoms with Gasteiger partial charge in [0.15, 0.2) is 5.84 Å². The normalized spacial score (nSPS) is 13.6. The lowest BCUT2D eigenvalue weighted by Crippen LogP contribution is -2.13. The van der Waals surface area contributed by atoms with Crippen LogP contribution in [0, 0.1) is 0 Å². The average Bonchev–Trinajstić information content (AvgIpc) is 2.36. The van der Waals surface area contributed by atoms with E-state index in [1.54, 1.807) is 0 Å². The summed E-state index contributed by atoms with van der Waals surface area (Å²) < 4.78 is 5.68. The second-order valence-corrected chi connectivity index (χ2v) is 4.09. The minimum absolute atomic E-state index is 0.122. The number of ether oxygens (including phenoxy) is 1. The van der Waals surface area contributed by atoms with Crippen molar-refractivity contribution in [3.8, 4) is 0 Å². The number of oxime groups is 1. The van der Waals surface area contributed by atoms with Gasteiger partial charge in [-0.25, -0.2) is 0 Å². The largest absolute Gasteiger partial charge is 0.409 e. The fourth-order valence-electron chi connectivity index (χ4n) is 1.56. The summed E-state index contributed by atoms with van der Waals surface area (Å²) in [5.74, 6) is 0.122. The lowest BCUT2D eigenvalue weighted by atomic mass is 10.1. The quantitative estimate of drug-likeness (QED) is 0.345. The molecule has 94 valence electrons. The molecule has 0 amide bonds. The van der Waals surface area contributed by atoms with E-state index in [1.807, 2.05) is 24.3 Å². The summed E-state index contributed by atoms with van der Waals surface area (Å²) in [6.45, 7) is 4.82. The van der Waals surface area contributed by atoms with E-state index < -0.39 is 0 Å². The molecule has 0 saturated carbocycles. The third-order valence-corrected chi connectivity index (χ3v) is 2.59. The zero-order valence-corrected chi connectivity index (χ0v) is 10.4. The summed E-state index contributed by atoms with van der Waals surface area (Å²) in [6.07, 6.45) is 2.48. The molecule has 0 saturated heterocycles. The maximum atomic E-state index is 8.53. The molecule has 0 bridgehead atoms. The molecule has 1 aromatic carbocycles. The van der Waals surface area contributed by atoms with Crippen LogP contribution in [0.15, 0.2) is 29.4 Å². The number of amidine groups is 1. The van der Waals surface area contributed by atoms with Gasteiger partial charge in [0.25, 0.3) is 0 Å². The first-order chi connectivity index (χ1) is 8.17. The molecule has 1 unspecified atom stereocenters. The first kappa shape index (κ1) is 13.5. The molecule has 1 aromatic rings. The Labute approximate surface area is 102 Å². The van der Waals surface area contributed by atoms with Crippen molar-refractivity contribution in [2.45, 2.75) is 39.4 Å². The zero-order chi connectivity index (χ0) is 12.7. The number of nitrogens with zero attached hydrogens (tertiary/aromatic N) is 1. The predicted octanol–water partition coefficient (Wildman–Crippen LogP) is 2.49. The number of nitrogens with two attached hydrogens (primary N) is 1. The lowest BCUT2D eigenvalue weighted by Gasteiger charge is -2.12. The van der Waals surface area contributed by atoms with Crippen molar-refractivity contribution >= 4 is 5.84 Å². The zero-order valence-electron chi connectivity index (χ0n) is 10.4. The van der Waals surface area contributed by atoms with Crippen LogP contribution >= 0.6 is 0 Å². The second kappa shape index (κ2) is 6.91. The van der Waals surface area contributed by atoms with Crippen molar-refractivity contribution in [2.75, 3.05) is 0 Å². The van der Waals surface area contributed by atoms with Gasteiger partial charge in [-0.15, -0.1) is 0 Å². The number of hydrogen-bond acceptors (Lipinski definition) is 3. The molecule has 0 heterocycles. The summed E-state index contributed by atoms with van der Waals surface area (Å²) in [4.78, 5) is 0. The van der Waals surface area contributed by atoms with Crippen molar-refractivity contribution in [3.63, 3.8) is 0 Å². The van der Waals surface area contributed by atoms with Gasteiger partial charge >= 0.3 is 0 Å². The molecule has 0 spiro atoms. The van der Waals surface area contributed by atoms with Crippen LogP contribution in [-0.2, 0) is 11.3 Å². The van der Waals surface area contributed by atoms with Gasteiger partial charge in [0.1, 0.15) is 0 Å². The van der Waals surface area contributed by atoms with Crippen LogP contribution in [-0.4, -0.2) is 17.1 Å². The van der Waals surface area contributed by atoms with Crippen LogP contribution in [0.4, 0.5) is 0 Å². The molecule has 0 aromatic heterocycles. The van der Waals surface area contributed by atoms with E-state index in [1.165, 1.54) is 0 Å². The summed E-state index contributed by atoms with van der Waals surface area (Å²) in [6, 6.07) is 7.48. The smallest absolute Gasteiger partial charge is 0.170 e. The molecular weight excluding hydrogens is 216 g/mol. The molecular formula is C13H20N2O2. The van der Waals surface area contributed by atoms with Gasteiger partial charge < -0.3 is 15.7 Å². The molecule has 4 heteroatoms. The Morgan fingerprint density at radius 2 is 2.06 bits per heavy atom. The van der Waals surface area contributed by atoms with Gasteiger partial charge in [-0.2, -0.15) is 0 Å². The van der Waals surface area contributed by atoms with Crippen LogP contribution in [0.5, 0.6) is 0 Å². The molecule has 1 rings (SSSR count). The number of hydrogen-bond donors (Lipinski definition) is 2. The number of benzene rings is 1. The topological polar surface area (TPSA) is 67.8 Å². The first-order valence-electron chi connectivity index (χ1n) is 5.85. The Morgan fingerprint density at radius 3 is 2.59 bits per heavy atom. The summed E-state index contributed by atoms with van der Waals surface area (Å²) in [5.41, 5.74) is 7.27. The van der Waals surface area contributed by atoms with E-state index >= 15 is 0 Å². The summed E-state index contributed by atoms with van der Waals surface area (Å²) >= 11 is 0. The van der Waals surface area contributed by atoms with E-state index in [4.69, 9.17) is 15.7 Å². The molecule has 4 nitrogen and oxygen atoms in total. The monoisotopic (exact) mass is 236 g/mol. The number of rotatable bonds is 6. The Kier molecular flexibility index (Phi) is 5.49. The molecule has 1 atom stereocenters. The van der Waals surface area contributed by atoms with Crippen LogP contribution in [0.3, 0.4) is 0 Å². The van der Waals surface area contributed by atoms with Gasteiger partial charge in [-0.1, -0.05) is 42.8 Å². The van der Waals surface area contributed by atoms with E-state index in [2.05, 4.69) is 19.0 Å². The van der Waals surface area contributed by atoms with Crippen molar-refractivity contribution < 1.29 is 9.94 Å². The fourth-order valence-corrected chi connectivity index (χ4v) is 1.56. The summed E-state index contributed by atoms with van der Waals surface area (Å²) in [7, 11) is 0. The Bertz CT molecular complexity index is 360. The highest BCUT2D eigenvalue weighted by Crippen LogP contribution is 2.09. The van der Waals surface area contributed by atoms with Gasteiger partial charge in [-0.3, -0.25) is 0 Å². The standard InChI is InChI=1S/C13H20N2O2/c1-3-4-10(2)17-9-11-5-7-12(8-6-11)13(14)15-16/h5-8,10,16H,3-4,9H2,1-2H3,(H2,14,15). The molecule has 0 aliphatic carbocycles. The van der Waals surface area contributed by atoms with Crippen LogP contribution in [0.25, 0.3) is 0 Å². The average molecular weight is 236 g/mol. The SMILES string of the molecule is CCCC(C)OCc1ccc(/C(N)=N/O)cc1. The Hall–Kier alpha value is -1.55. The van der Waals surface area contributed by atoms with Crippen molar-refractivity contribution in [1.29, 1.82) is 0 Å². The summed E-state index contributed by atoms with van der Waals surface area (Å²) in [5, 5.41) is 11.5. The van der Waals surface area contributed by atoms with Gasteiger partial charge in [0, 0.05) is 5.56 Å². The third kappa shape index (κ3) is 4.44. The van der Waals surface area contributed by atoms with E-state index in [9.17, 15) is 0 Å². The van der Waals surface area contributed by atoms with Crippen molar-refractivity contribution in [1.82, 2.24) is 0 Å². The van der Waals surface area contributed by atoms with Crippen LogP contribution < -0.4 is 5.73 Å². The molecule has 17 heavy (non-hydrogen) atoms. The van der Waals surface area contributed by atoms with E-state index in [0.29, 0.717) is 12.2 Å². The highest BCUT2D eigenvalue weighted by atomic mass is 16.5. The predicted molar refractivity (Wildman–Crippen MR) is 68.1 cm³/mol. The van der Waals surface area contributed by atoms with E-state index in [0.717, 1.165) is 18.4 Å². The van der Waals surface area contributed by atoms with Gasteiger partial charge in [-0.05, 0) is 18.9 Å². The van der Waals surface area contributed by atoms with Gasteiger partial charge in [0.2, 0.25) is 0 Å². The maximum Gasteiger partial charge on any atom is 0.170 e. The Morgan fingerprint density at radius 1 is 1.41 bits per heavy atom. The fraction of sp³-hybridized carbons (Fsp3) is 0.462. The minimum atomic E-state index is 0.122. The molecule has 3 N–H and O–H groups in total. The molecule has 0 radical (unpaired) electrons. The first-order valence-corrected chi connectivity index (χ1v) is 5.85. The minimum Gasteiger partial charge on any atom is -0.409 e. The lowest BCUT2D eigenvalue weighted by molar-refractivity contribution is 0.0472. The third-order valence-electron chi connectivity index (χ3n) is 2.59. The molecule has 0 aliphatic heterocycles. The highest BCUT2D eigenvalue weighted by molar-refractivity contribution is 5.96. The highest BCUT2D eigenvalue weighted by Gasteiger charge is 2.02. The molecule has 0 fully saturated rings. The molecule has 0 aliphatic rings. The second-order valence-electron chi connectivity index (χ2n) is 4.09. The van der Waals surface area contributed by atoms with Crippen molar-refractivity contribution in [3.05, 3.63) is 35.4 Å². The van der Waals surface area contributed by atoms with Gasteiger partial charge in [0.05, 0.1) is 12.7 Å². The van der Waals surface area contributed by atoms with E-state index in [-0.39, 0.29) is 11.9 Å². The Balaban J connectivity index is 2.51.